The minimum absolute atomic E-state index is 1.11. The summed E-state index contributed by atoms with van der Waals surface area (Å²) in [6, 6.07) is 0. The average molecular weight is 258 g/mol. The molecule has 94 valence electrons. The molecule has 0 bridgehead atoms. The fourth-order valence-corrected chi connectivity index (χ4v) is 0.997. The zero-order valence-corrected chi connectivity index (χ0v) is 7.13. The summed E-state index contributed by atoms with van der Waals surface area (Å²) in [7, 11) is 0. The third kappa shape index (κ3) is 1.47. The van der Waals surface area contributed by atoms with E-state index in [1.807, 2.05) is 0 Å². The van der Waals surface area contributed by atoms with Gasteiger partial charge in [-0.3, -0.25) is 0 Å². The van der Waals surface area contributed by atoms with Crippen molar-refractivity contribution in [2.45, 2.75) is 29.9 Å². The Labute approximate surface area is 82.7 Å². The average Bonchev–Trinajstić information content (AvgIpc) is 2.14. The van der Waals surface area contributed by atoms with Crippen LogP contribution in [0.4, 0.5) is 39.5 Å². The molecule has 0 aromatic rings. The normalized spacial score (nSPS) is 31.1. The minimum atomic E-state index is -5.91. The summed E-state index contributed by atoms with van der Waals surface area (Å²) in [5.74, 6) is -22.6. The lowest BCUT2D eigenvalue weighted by molar-refractivity contribution is -0.291. The molecule has 0 unspecified atom stereocenters. The fourth-order valence-electron chi connectivity index (χ4n) is 0.997. The van der Waals surface area contributed by atoms with Gasteiger partial charge in [-0.25, -0.2) is 4.39 Å². The molecule has 0 radical (unpaired) electrons. The highest BCUT2D eigenvalue weighted by Gasteiger charge is 2.76. The van der Waals surface area contributed by atoms with Crippen molar-refractivity contribution in [3.8, 4) is 0 Å². The summed E-state index contributed by atoms with van der Waals surface area (Å²) in [6.07, 6.45) is -7.21. The van der Waals surface area contributed by atoms with Crippen molar-refractivity contribution in [2.24, 2.45) is 0 Å². The molecule has 0 spiro atoms. The maximum absolute atomic E-state index is 12.5. The van der Waals surface area contributed by atoms with Gasteiger partial charge in [0.1, 0.15) is 0 Å². The molecule has 0 nitrogen and oxygen atoms in total. The predicted octanol–water partition coefficient (Wildman–Crippen LogP) is 3.44. The SMILES string of the molecule is FC1C(F)(F)C(F)(F)C=CC(F)(F)C1(F)F. The Morgan fingerprint density at radius 3 is 1.12 bits per heavy atom. The molecular formula is C7H3F9. The zero-order chi connectivity index (χ0) is 13.0. The second kappa shape index (κ2) is 3.07. The molecule has 1 rings (SSSR count). The molecule has 0 saturated heterocycles. The quantitative estimate of drug-likeness (QED) is 0.461. The van der Waals surface area contributed by atoms with Gasteiger partial charge < -0.3 is 0 Å². The molecule has 1 aliphatic carbocycles. The molecule has 16 heavy (non-hydrogen) atoms. The Kier molecular flexibility index (Phi) is 2.53. The van der Waals surface area contributed by atoms with E-state index in [1.165, 1.54) is 0 Å². The maximum atomic E-state index is 12.5. The molecular weight excluding hydrogens is 255 g/mol. The molecule has 0 aliphatic heterocycles. The van der Waals surface area contributed by atoms with E-state index < -0.39 is 42.0 Å². The molecule has 9 heteroatoms. The highest BCUT2D eigenvalue weighted by molar-refractivity contribution is 5.20. The maximum Gasteiger partial charge on any atom is 0.350 e. The molecule has 0 amide bonds. The van der Waals surface area contributed by atoms with E-state index in [-0.39, 0.29) is 0 Å². The van der Waals surface area contributed by atoms with Crippen molar-refractivity contribution >= 4 is 0 Å². The lowest BCUT2D eigenvalue weighted by Gasteiger charge is -2.30. The van der Waals surface area contributed by atoms with Crippen LogP contribution in [0.5, 0.6) is 0 Å². The van der Waals surface area contributed by atoms with Crippen molar-refractivity contribution in [1.82, 2.24) is 0 Å². The van der Waals surface area contributed by atoms with Crippen molar-refractivity contribution < 1.29 is 39.5 Å². The van der Waals surface area contributed by atoms with Crippen LogP contribution in [0.25, 0.3) is 0 Å². The van der Waals surface area contributed by atoms with Gasteiger partial charge in [-0.1, -0.05) is 0 Å². The second-order valence-corrected chi connectivity index (χ2v) is 3.19. The molecule has 1 aliphatic rings. The van der Waals surface area contributed by atoms with Crippen LogP contribution in [-0.4, -0.2) is 29.9 Å². The van der Waals surface area contributed by atoms with E-state index in [2.05, 4.69) is 0 Å². The highest BCUT2D eigenvalue weighted by atomic mass is 19.3. The number of alkyl halides is 9. The molecule has 0 aromatic heterocycles. The minimum Gasteiger partial charge on any atom is -0.234 e. The van der Waals surface area contributed by atoms with Crippen LogP contribution in [0.2, 0.25) is 0 Å². The molecule has 0 atom stereocenters. The first-order valence-electron chi connectivity index (χ1n) is 3.72. The first kappa shape index (κ1) is 13.2. The lowest BCUT2D eigenvalue weighted by atomic mass is 10.0. The van der Waals surface area contributed by atoms with E-state index in [1.54, 1.807) is 0 Å². The summed E-state index contributed by atoms with van der Waals surface area (Å²) in [4.78, 5) is 0. The summed E-state index contributed by atoms with van der Waals surface area (Å²) in [6.45, 7) is 0. The van der Waals surface area contributed by atoms with Gasteiger partial charge in [-0.2, -0.15) is 35.1 Å². The summed E-state index contributed by atoms with van der Waals surface area (Å²) in [5, 5.41) is 0. The van der Waals surface area contributed by atoms with Crippen molar-refractivity contribution in [2.75, 3.05) is 0 Å². The Morgan fingerprint density at radius 1 is 0.625 bits per heavy atom. The van der Waals surface area contributed by atoms with Gasteiger partial charge in [0.2, 0.25) is 6.17 Å². The zero-order valence-electron chi connectivity index (χ0n) is 7.13. The van der Waals surface area contributed by atoms with Crippen LogP contribution in [0.3, 0.4) is 0 Å². The van der Waals surface area contributed by atoms with Gasteiger partial charge in [0.05, 0.1) is 0 Å². The van der Waals surface area contributed by atoms with E-state index in [0.717, 1.165) is 0 Å². The second-order valence-electron chi connectivity index (χ2n) is 3.19. The number of halogens is 9. The summed E-state index contributed by atoms with van der Waals surface area (Å²) >= 11 is 0. The van der Waals surface area contributed by atoms with Crippen LogP contribution in [0.15, 0.2) is 12.2 Å². The first-order chi connectivity index (χ1) is 6.86. The van der Waals surface area contributed by atoms with Gasteiger partial charge in [-0.05, 0) is 12.2 Å². The van der Waals surface area contributed by atoms with Crippen molar-refractivity contribution in [3.63, 3.8) is 0 Å². The number of allylic oxidation sites excluding steroid dienone is 2. The Morgan fingerprint density at radius 2 is 0.875 bits per heavy atom. The lowest BCUT2D eigenvalue weighted by Crippen LogP contribution is -2.57. The third-order valence-corrected chi connectivity index (χ3v) is 2.03. The van der Waals surface area contributed by atoms with E-state index >= 15 is 0 Å². The van der Waals surface area contributed by atoms with Gasteiger partial charge in [0.25, 0.3) is 0 Å². The Hall–Kier alpha value is -0.890. The Bertz CT molecular complexity index is 286. The molecule has 0 N–H and O–H groups in total. The van der Waals surface area contributed by atoms with Crippen molar-refractivity contribution in [1.29, 1.82) is 0 Å². The topological polar surface area (TPSA) is 0 Å². The van der Waals surface area contributed by atoms with Crippen LogP contribution in [0.1, 0.15) is 0 Å². The predicted molar refractivity (Wildman–Crippen MR) is 33.8 cm³/mol. The van der Waals surface area contributed by atoms with E-state index in [4.69, 9.17) is 0 Å². The Balaban J connectivity index is 3.39. The van der Waals surface area contributed by atoms with Crippen LogP contribution in [-0.2, 0) is 0 Å². The van der Waals surface area contributed by atoms with Gasteiger partial charge >= 0.3 is 23.7 Å². The van der Waals surface area contributed by atoms with E-state index in [9.17, 15) is 39.5 Å². The summed E-state index contributed by atoms with van der Waals surface area (Å²) in [5.41, 5.74) is 0. The van der Waals surface area contributed by atoms with Crippen LogP contribution < -0.4 is 0 Å². The number of hydrogen-bond acceptors (Lipinski definition) is 0. The fraction of sp³-hybridized carbons (Fsp3) is 0.714. The van der Waals surface area contributed by atoms with Gasteiger partial charge in [0, 0.05) is 0 Å². The third-order valence-electron chi connectivity index (χ3n) is 2.03. The van der Waals surface area contributed by atoms with Crippen molar-refractivity contribution in [3.05, 3.63) is 12.2 Å². The molecule has 0 saturated carbocycles. The van der Waals surface area contributed by atoms with Gasteiger partial charge in [-0.15, -0.1) is 0 Å². The van der Waals surface area contributed by atoms with E-state index in [0.29, 0.717) is 0 Å². The standard InChI is InChI=1S/C7H3F9/c8-3-6(13,14)4(9,10)1-2-5(11,12)7(3,15)16/h1-3H. The number of rotatable bonds is 0. The van der Waals surface area contributed by atoms with Crippen LogP contribution >= 0.6 is 0 Å². The van der Waals surface area contributed by atoms with Crippen LogP contribution in [0, 0.1) is 0 Å². The molecule has 0 heterocycles. The summed E-state index contributed by atoms with van der Waals surface area (Å²) < 4.78 is 112. The smallest absolute Gasteiger partial charge is 0.234 e. The first-order valence-corrected chi connectivity index (χ1v) is 3.72. The molecule has 0 aromatic carbocycles. The van der Waals surface area contributed by atoms with Gasteiger partial charge in [0.15, 0.2) is 0 Å². The highest BCUT2D eigenvalue weighted by Crippen LogP contribution is 2.52. The molecule has 0 fully saturated rings. The monoisotopic (exact) mass is 258 g/mol. The largest absolute Gasteiger partial charge is 0.350 e. The number of hydrogen-bond donors (Lipinski definition) is 0.